The topological polar surface area (TPSA) is 40.5 Å². The minimum atomic E-state index is -0.902. The standard InChI is InChI=1S/C15H21N.C9H12O2/c1-13(2)15(12-16-10-6-7-11-16)14-8-4-3-5-9-14;1-3-5-7-8(6-4-2)9(10)11/h3-5,8-9H,6-7,10-12H2,1-2H3;3-7H,1-2H3,(H,10,11)/b;5-3+,6-4-,8-7+. The van der Waals surface area contributed by atoms with E-state index in [0.29, 0.717) is 5.57 Å². The minimum Gasteiger partial charge on any atom is -0.478 e. The molecule has 0 atom stereocenters. The number of likely N-dealkylation sites (tertiary alicyclic amines) is 1. The quantitative estimate of drug-likeness (QED) is 0.516. The summed E-state index contributed by atoms with van der Waals surface area (Å²) in [6.07, 6.45) is 11.0. The van der Waals surface area contributed by atoms with Crippen LogP contribution in [0.15, 0.2) is 71.9 Å². The van der Waals surface area contributed by atoms with Crippen molar-refractivity contribution in [3.63, 3.8) is 0 Å². The fourth-order valence-electron chi connectivity index (χ4n) is 2.92. The van der Waals surface area contributed by atoms with Gasteiger partial charge in [-0.2, -0.15) is 0 Å². The molecule has 1 heterocycles. The Morgan fingerprint density at radius 1 is 1.07 bits per heavy atom. The number of rotatable bonds is 6. The van der Waals surface area contributed by atoms with E-state index in [4.69, 9.17) is 5.11 Å². The highest BCUT2D eigenvalue weighted by Crippen LogP contribution is 2.21. The third kappa shape index (κ3) is 8.69. The number of hydrogen-bond donors (Lipinski definition) is 1. The van der Waals surface area contributed by atoms with Gasteiger partial charge < -0.3 is 5.11 Å². The second kappa shape index (κ2) is 12.9. The predicted octanol–water partition coefficient (Wildman–Crippen LogP) is 5.73. The molecule has 146 valence electrons. The van der Waals surface area contributed by atoms with Crippen LogP contribution >= 0.6 is 0 Å². The molecule has 1 aromatic carbocycles. The Bertz CT molecular complexity index is 686. The SMILES string of the molecule is CC(C)=C(CN1CCCC1)c1ccccc1.C\C=C/C(=C\C=C\C)C(=O)O. The van der Waals surface area contributed by atoms with Gasteiger partial charge in [0.15, 0.2) is 0 Å². The molecule has 3 heteroatoms. The van der Waals surface area contributed by atoms with Crippen molar-refractivity contribution in [3.05, 3.63) is 77.4 Å². The summed E-state index contributed by atoms with van der Waals surface area (Å²) in [6.45, 7) is 11.7. The Balaban J connectivity index is 0.000000293. The zero-order chi connectivity index (χ0) is 20.1. The molecule has 1 aliphatic rings. The van der Waals surface area contributed by atoms with Crippen molar-refractivity contribution in [1.29, 1.82) is 0 Å². The van der Waals surface area contributed by atoms with Gasteiger partial charge in [0.2, 0.25) is 0 Å². The predicted molar refractivity (Wildman–Crippen MR) is 116 cm³/mol. The molecule has 1 aliphatic heterocycles. The summed E-state index contributed by atoms with van der Waals surface area (Å²) in [4.78, 5) is 13.0. The third-order valence-corrected chi connectivity index (χ3v) is 4.37. The van der Waals surface area contributed by atoms with E-state index in [1.165, 1.54) is 42.6 Å². The fourth-order valence-corrected chi connectivity index (χ4v) is 2.92. The second-order valence-corrected chi connectivity index (χ2v) is 6.78. The van der Waals surface area contributed by atoms with E-state index in [0.717, 1.165) is 6.54 Å². The Kier molecular flexibility index (Phi) is 10.8. The molecule has 0 saturated carbocycles. The molecule has 3 nitrogen and oxygen atoms in total. The molecule has 1 N–H and O–H groups in total. The number of carbonyl (C=O) groups is 1. The van der Waals surface area contributed by atoms with E-state index in [1.807, 2.05) is 6.92 Å². The average Bonchev–Trinajstić information content (AvgIpc) is 3.17. The van der Waals surface area contributed by atoms with Crippen LogP contribution in [0.25, 0.3) is 5.57 Å². The zero-order valence-corrected chi connectivity index (χ0v) is 17.1. The molecule has 2 rings (SSSR count). The summed E-state index contributed by atoms with van der Waals surface area (Å²) in [5.41, 5.74) is 4.63. The van der Waals surface area contributed by atoms with Gasteiger partial charge in [0.05, 0.1) is 5.57 Å². The molecule has 1 fully saturated rings. The van der Waals surface area contributed by atoms with Gasteiger partial charge in [-0.15, -0.1) is 0 Å². The van der Waals surface area contributed by atoms with Crippen molar-refractivity contribution in [2.45, 2.75) is 40.5 Å². The molecular weight excluding hydrogens is 334 g/mol. The second-order valence-electron chi connectivity index (χ2n) is 6.78. The van der Waals surface area contributed by atoms with Crippen molar-refractivity contribution in [2.75, 3.05) is 19.6 Å². The Morgan fingerprint density at radius 3 is 2.19 bits per heavy atom. The van der Waals surface area contributed by atoms with Gasteiger partial charge in [0.25, 0.3) is 0 Å². The van der Waals surface area contributed by atoms with E-state index in [9.17, 15) is 4.79 Å². The van der Waals surface area contributed by atoms with Crippen LogP contribution in [0, 0.1) is 0 Å². The lowest BCUT2D eigenvalue weighted by Gasteiger charge is -2.19. The van der Waals surface area contributed by atoms with Gasteiger partial charge in [0, 0.05) is 6.54 Å². The molecule has 1 saturated heterocycles. The zero-order valence-electron chi connectivity index (χ0n) is 17.1. The minimum absolute atomic E-state index is 0.297. The highest BCUT2D eigenvalue weighted by molar-refractivity contribution is 5.90. The first-order chi connectivity index (χ1) is 13.0. The van der Waals surface area contributed by atoms with Crippen LogP contribution in [-0.2, 0) is 4.79 Å². The van der Waals surface area contributed by atoms with E-state index in [-0.39, 0.29) is 0 Å². The van der Waals surface area contributed by atoms with Gasteiger partial charge in [-0.3, -0.25) is 4.90 Å². The van der Waals surface area contributed by atoms with Crippen molar-refractivity contribution in [3.8, 4) is 0 Å². The number of carboxylic acid groups (broad SMARTS) is 1. The van der Waals surface area contributed by atoms with E-state index < -0.39 is 5.97 Å². The van der Waals surface area contributed by atoms with Crippen LogP contribution in [0.1, 0.15) is 46.1 Å². The fraction of sp³-hybridized carbons (Fsp3) is 0.375. The van der Waals surface area contributed by atoms with Crippen LogP contribution in [-0.4, -0.2) is 35.6 Å². The number of benzene rings is 1. The number of allylic oxidation sites excluding steroid dienone is 5. The van der Waals surface area contributed by atoms with E-state index in [1.54, 1.807) is 37.3 Å². The molecule has 0 amide bonds. The monoisotopic (exact) mass is 367 g/mol. The van der Waals surface area contributed by atoms with Gasteiger partial charge in [-0.25, -0.2) is 4.79 Å². The number of carboxylic acids is 1. The van der Waals surface area contributed by atoms with E-state index >= 15 is 0 Å². The lowest BCUT2D eigenvalue weighted by atomic mass is 10.0. The number of aliphatic carboxylic acids is 1. The molecule has 0 radical (unpaired) electrons. The molecular formula is C24H33NO2. The Labute approximate surface area is 164 Å². The Morgan fingerprint density at radius 2 is 1.70 bits per heavy atom. The summed E-state index contributed by atoms with van der Waals surface area (Å²) in [5, 5.41) is 8.58. The van der Waals surface area contributed by atoms with Crippen LogP contribution in [0.3, 0.4) is 0 Å². The van der Waals surface area contributed by atoms with Crippen LogP contribution in [0.5, 0.6) is 0 Å². The van der Waals surface area contributed by atoms with Crippen LogP contribution in [0.4, 0.5) is 0 Å². The molecule has 0 spiro atoms. The maximum atomic E-state index is 10.4. The third-order valence-electron chi connectivity index (χ3n) is 4.37. The summed E-state index contributed by atoms with van der Waals surface area (Å²) in [5.74, 6) is -0.902. The van der Waals surface area contributed by atoms with Crippen LogP contribution < -0.4 is 0 Å². The first-order valence-corrected chi connectivity index (χ1v) is 9.62. The van der Waals surface area contributed by atoms with Crippen molar-refractivity contribution in [1.82, 2.24) is 4.90 Å². The van der Waals surface area contributed by atoms with Crippen molar-refractivity contribution >= 4 is 11.5 Å². The summed E-state index contributed by atoms with van der Waals surface area (Å²) in [7, 11) is 0. The molecule has 0 bridgehead atoms. The molecule has 0 aromatic heterocycles. The lowest BCUT2D eigenvalue weighted by molar-refractivity contribution is -0.132. The average molecular weight is 368 g/mol. The molecule has 27 heavy (non-hydrogen) atoms. The first-order valence-electron chi connectivity index (χ1n) is 9.62. The van der Waals surface area contributed by atoms with Gasteiger partial charge >= 0.3 is 5.97 Å². The number of nitrogens with zero attached hydrogens (tertiary/aromatic N) is 1. The van der Waals surface area contributed by atoms with Gasteiger partial charge in [-0.1, -0.05) is 60.2 Å². The maximum absolute atomic E-state index is 10.4. The normalized spacial score (nSPS) is 15.0. The first kappa shape index (κ1) is 22.7. The van der Waals surface area contributed by atoms with Crippen molar-refractivity contribution < 1.29 is 9.90 Å². The summed E-state index contributed by atoms with van der Waals surface area (Å²) < 4.78 is 0. The highest BCUT2D eigenvalue weighted by atomic mass is 16.4. The van der Waals surface area contributed by atoms with Crippen LogP contribution in [0.2, 0.25) is 0 Å². The van der Waals surface area contributed by atoms with Gasteiger partial charge in [-0.05, 0) is 70.8 Å². The van der Waals surface area contributed by atoms with E-state index in [2.05, 4.69) is 49.1 Å². The smallest absolute Gasteiger partial charge is 0.335 e. The lowest BCUT2D eigenvalue weighted by Crippen LogP contribution is -2.21. The molecule has 0 unspecified atom stereocenters. The summed E-state index contributed by atoms with van der Waals surface area (Å²) in [6, 6.07) is 10.8. The Hall–Kier alpha value is -2.39. The molecule has 0 aliphatic carbocycles. The summed E-state index contributed by atoms with van der Waals surface area (Å²) >= 11 is 0. The number of hydrogen-bond acceptors (Lipinski definition) is 2. The largest absolute Gasteiger partial charge is 0.478 e. The highest BCUT2D eigenvalue weighted by Gasteiger charge is 2.14. The van der Waals surface area contributed by atoms with Gasteiger partial charge in [0.1, 0.15) is 0 Å². The molecule has 1 aromatic rings. The maximum Gasteiger partial charge on any atom is 0.335 e. The van der Waals surface area contributed by atoms with Crippen molar-refractivity contribution in [2.24, 2.45) is 0 Å².